The molecule has 1 fully saturated rings. The zero-order valence-electron chi connectivity index (χ0n) is 10.7. The van der Waals surface area contributed by atoms with Gasteiger partial charge in [-0.3, -0.25) is 4.90 Å². The standard InChI is InChI=1S/C13H22N2O2/c1-3-12-10-15(5-7-16-12)9-11-4-6-17-13(11)8-14-2/h4,6,12,14H,3,5,7-10H2,1-2H3. The number of morpholine rings is 1. The lowest BCUT2D eigenvalue weighted by Gasteiger charge is -2.32. The van der Waals surface area contributed by atoms with Crippen LogP contribution in [0.2, 0.25) is 0 Å². The normalized spacial score (nSPS) is 21.9. The van der Waals surface area contributed by atoms with Crippen molar-refractivity contribution >= 4 is 0 Å². The van der Waals surface area contributed by atoms with E-state index in [-0.39, 0.29) is 0 Å². The van der Waals surface area contributed by atoms with Gasteiger partial charge in [-0.15, -0.1) is 0 Å². The van der Waals surface area contributed by atoms with E-state index < -0.39 is 0 Å². The Kier molecular flexibility index (Phi) is 4.59. The number of furan rings is 1. The van der Waals surface area contributed by atoms with Crippen molar-refractivity contribution in [2.75, 3.05) is 26.7 Å². The summed E-state index contributed by atoms with van der Waals surface area (Å²) < 4.78 is 11.2. The molecule has 1 atom stereocenters. The maximum Gasteiger partial charge on any atom is 0.122 e. The van der Waals surface area contributed by atoms with Gasteiger partial charge in [0.05, 0.1) is 25.5 Å². The van der Waals surface area contributed by atoms with Crippen LogP contribution in [0.1, 0.15) is 24.7 Å². The topological polar surface area (TPSA) is 37.6 Å². The van der Waals surface area contributed by atoms with Crippen LogP contribution in [0.3, 0.4) is 0 Å². The van der Waals surface area contributed by atoms with Gasteiger partial charge in [-0.25, -0.2) is 0 Å². The molecule has 1 aromatic heterocycles. The van der Waals surface area contributed by atoms with Crippen molar-refractivity contribution in [1.29, 1.82) is 0 Å². The van der Waals surface area contributed by atoms with Crippen molar-refractivity contribution in [3.8, 4) is 0 Å². The second kappa shape index (κ2) is 6.19. The Morgan fingerprint density at radius 1 is 1.53 bits per heavy atom. The van der Waals surface area contributed by atoms with Gasteiger partial charge in [0, 0.05) is 25.2 Å². The fourth-order valence-corrected chi connectivity index (χ4v) is 2.24. The number of hydrogen-bond donors (Lipinski definition) is 1. The molecule has 0 amide bonds. The Bertz CT molecular complexity index is 338. The largest absolute Gasteiger partial charge is 0.468 e. The molecule has 2 rings (SSSR count). The third-order valence-electron chi connectivity index (χ3n) is 3.25. The van der Waals surface area contributed by atoms with Gasteiger partial charge in [-0.2, -0.15) is 0 Å². The molecule has 0 saturated carbocycles. The van der Waals surface area contributed by atoms with Crippen molar-refractivity contribution in [2.45, 2.75) is 32.5 Å². The molecule has 4 nitrogen and oxygen atoms in total. The third kappa shape index (κ3) is 3.31. The highest BCUT2D eigenvalue weighted by atomic mass is 16.5. The molecular formula is C13H22N2O2. The van der Waals surface area contributed by atoms with Crippen LogP contribution in [-0.4, -0.2) is 37.7 Å². The third-order valence-corrected chi connectivity index (χ3v) is 3.25. The van der Waals surface area contributed by atoms with Gasteiger partial charge in [0.25, 0.3) is 0 Å². The van der Waals surface area contributed by atoms with Crippen LogP contribution in [0.15, 0.2) is 16.7 Å². The molecule has 1 unspecified atom stereocenters. The molecule has 0 spiro atoms. The van der Waals surface area contributed by atoms with Crippen LogP contribution in [-0.2, 0) is 17.8 Å². The maximum absolute atomic E-state index is 5.68. The summed E-state index contributed by atoms with van der Waals surface area (Å²) in [5.41, 5.74) is 1.29. The summed E-state index contributed by atoms with van der Waals surface area (Å²) in [6.45, 7) is 6.83. The van der Waals surface area contributed by atoms with E-state index in [2.05, 4.69) is 23.2 Å². The average molecular weight is 238 g/mol. The summed E-state index contributed by atoms with van der Waals surface area (Å²) >= 11 is 0. The molecule has 1 aliphatic heterocycles. The first-order valence-electron chi connectivity index (χ1n) is 6.37. The van der Waals surface area contributed by atoms with E-state index >= 15 is 0 Å². The second-order valence-corrected chi connectivity index (χ2v) is 4.54. The molecule has 96 valence electrons. The van der Waals surface area contributed by atoms with Crippen molar-refractivity contribution in [2.24, 2.45) is 0 Å². The highest BCUT2D eigenvalue weighted by Crippen LogP contribution is 2.16. The Morgan fingerprint density at radius 2 is 2.41 bits per heavy atom. The molecule has 0 bridgehead atoms. The summed E-state index contributed by atoms with van der Waals surface area (Å²) in [7, 11) is 1.94. The van der Waals surface area contributed by atoms with E-state index in [1.807, 2.05) is 7.05 Å². The van der Waals surface area contributed by atoms with Gasteiger partial charge in [-0.1, -0.05) is 6.92 Å². The molecular weight excluding hydrogens is 216 g/mol. The van der Waals surface area contributed by atoms with E-state index in [9.17, 15) is 0 Å². The van der Waals surface area contributed by atoms with Gasteiger partial charge in [-0.05, 0) is 19.5 Å². The maximum atomic E-state index is 5.68. The molecule has 0 aromatic carbocycles. The molecule has 2 heterocycles. The summed E-state index contributed by atoms with van der Waals surface area (Å²) in [4.78, 5) is 2.45. The van der Waals surface area contributed by atoms with E-state index in [4.69, 9.17) is 9.15 Å². The van der Waals surface area contributed by atoms with Crippen LogP contribution in [0, 0.1) is 0 Å². The molecule has 1 N–H and O–H groups in total. The van der Waals surface area contributed by atoms with Crippen molar-refractivity contribution in [1.82, 2.24) is 10.2 Å². The zero-order valence-corrected chi connectivity index (χ0v) is 10.7. The van der Waals surface area contributed by atoms with Crippen LogP contribution in [0.4, 0.5) is 0 Å². The summed E-state index contributed by atoms with van der Waals surface area (Å²) in [5, 5.41) is 3.13. The van der Waals surface area contributed by atoms with Crippen molar-refractivity contribution in [3.05, 3.63) is 23.7 Å². The molecule has 17 heavy (non-hydrogen) atoms. The van der Waals surface area contributed by atoms with E-state index in [1.54, 1.807) is 6.26 Å². The first-order chi connectivity index (χ1) is 8.33. The van der Waals surface area contributed by atoms with Gasteiger partial charge >= 0.3 is 0 Å². The van der Waals surface area contributed by atoms with E-state index in [0.29, 0.717) is 6.10 Å². The lowest BCUT2D eigenvalue weighted by atomic mass is 10.2. The van der Waals surface area contributed by atoms with Crippen molar-refractivity contribution in [3.63, 3.8) is 0 Å². The second-order valence-electron chi connectivity index (χ2n) is 4.54. The minimum atomic E-state index is 0.392. The molecule has 1 aromatic rings. The van der Waals surface area contributed by atoms with Gasteiger partial charge in [0.2, 0.25) is 0 Å². The molecule has 1 aliphatic rings. The van der Waals surface area contributed by atoms with Crippen LogP contribution < -0.4 is 5.32 Å². The van der Waals surface area contributed by atoms with Gasteiger partial charge in [0.1, 0.15) is 5.76 Å². The molecule has 4 heteroatoms. The Hall–Kier alpha value is -0.840. The summed E-state index contributed by atoms with van der Waals surface area (Å²) in [6, 6.07) is 2.07. The Morgan fingerprint density at radius 3 is 3.18 bits per heavy atom. The highest BCUT2D eigenvalue weighted by molar-refractivity contribution is 5.16. The quantitative estimate of drug-likeness (QED) is 0.845. The van der Waals surface area contributed by atoms with Crippen molar-refractivity contribution < 1.29 is 9.15 Å². The lowest BCUT2D eigenvalue weighted by Crippen LogP contribution is -2.41. The first kappa shape index (κ1) is 12.6. The molecule has 0 radical (unpaired) electrons. The predicted octanol–water partition coefficient (Wildman–Crippen LogP) is 1.61. The lowest BCUT2D eigenvalue weighted by molar-refractivity contribution is -0.0326. The molecule has 1 saturated heterocycles. The van der Waals surface area contributed by atoms with E-state index in [0.717, 1.165) is 45.0 Å². The van der Waals surface area contributed by atoms with E-state index in [1.165, 1.54) is 5.56 Å². The average Bonchev–Trinajstić information content (AvgIpc) is 2.78. The number of ether oxygens (including phenoxy) is 1. The first-order valence-corrected chi connectivity index (χ1v) is 6.37. The number of rotatable bonds is 5. The van der Waals surface area contributed by atoms with Gasteiger partial charge in [0.15, 0.2) is 0 Å². The Labute approximate surface area is 103 Å². The van der Waals surface area contributed by atoms with Crippen LogP contribution in [0.25, 0.3) is 0 Å². The highest BCUT2D eigenvalue weighted by Gasteiger charge is 2.20. The fraction of sp³-hybridized carbons (Fsp3) is 0.692. The number of hydrogen-bond acceptors (Lipinski definition) is 4. The minimum Gasteiger partial charge on any atom is -0.468 e. The van der Waals surface area contributed by atoms with Crippen LogP contribution in [0.5, 0.6) is 0 Å². The molecule has 0 aliphatic carbocycles. The van der Waals surface area contributed by atoms with Crippen LogP contribution >= 0.6 is 0 Å². The smallest absolute Gasteiger partial charge is 0.122 e. The summed E-state index contributed by atoms with van der Waals surface area (Å²) in [5.74, 6) is 1.05. The zero-order chi connectivity index (χ0) is 12.1. The fourth-order valence-electron chi connectivity index (χ4n) is 2.24. The number of nitrogens with zero attached hydrogens (tertiary/aromatic N) is 1. The van der Waals surface area contributed by atoms with Gasteiger partial charge < -0.3 is 14.5 Å². The SMILES string of the molecule is CCC1CN(Cc2ccoc2CNC)CCO1. The summed E-state index contributed by atoms with van der Waals surface area (Å²) in [6.07, 6.45) is 3.26. The Balaban J connectivity index is 1.93. The predicted molar refractivity (Wildman–Crippen MR) is 66.8 cm³/mol. The monoisotopic (exact) mass is 238 g/mol. The number of nitrogens with one attached hydrogen (secondary N) is 1. The minimum absolute atomic E-state index is 0.392.